The van der Waals surface area contributed by atoms with Gasteiger partial charge in [-0.3, -0.25) is 0 Å². The summed E-state index contributed by atoms with van der Waals surface area (Å²) in [7, 11) is 0. The molecule has 19 heavy (non-hydrogen) atoms. The van der Waals surface area contributed by atoms with Crippen molar-refractivity contribution < 1.29 is 14.3 Å². The molecule has 0 unspecified atom stereocenters. The van der Waals surface area contributed by atoms with Crippen LogP contribution in [0.4, 0.5) is 0 Å². The quantitative estimate of drug-likeness (QED) is 0.763. The Hall–Kier alpha value is -1.46. The molecule has 0 aliphatic heterocycles. The topological polar surface area (TPSA) is 62.5 Å². The number of hydrogen-bond donors (Lipinski definition) is 2. The number of fused-ring (bicyclic) bond motifs is 1. The summed E-state index contributed by atoms with van der Waals surface area (Å²) in [5.74, 6) is 0.114. The Morgan fingerprint density at radius 3 is 3.00 bits per heavy atom. The first kappa shape index (κ1) is 14.0. The standard InChI is InChI=1S/C14H17NO3S/c1-19-6-2-5-15-9-10-3-4-12-11(7-10)8-13(18-12)14(16)17/h3-4,7-8,15H,2,5-6,9H2,1H3,(H,16,17). The van der Waals surface area contributed by atoms with Gasteiger partial charge in [-0.1, -0.05) is 6.07 Å². The predicted molar refractivity (Wildman–Crippen MR) is 77.9 cm³/mol. The molecule has 2 rings (SSSR count). The highest BCUT2D eigenvalue weighted by molar-refractivity contribution is 7.98. The highest BCUT2D eigenvalue weighted by Crippen LogP contribution is 2.20. The second-order valence-electron chi connectivity index (χ2n) is 4.31. The van der Waals surface area contributed by atoms with Gasteiger partial charge in [0.25, 0.3) is 0 Å². The van der Waals surface area contributed by atoms with Crippen molar-refractivity contribution in [2.45, 2.75) is 13.0 Å². The van der Waals surface area contributed by atoms with E-state index in [2.05, 4.69) is 11.6 Å². The number of nitrogens with one attached hydrogen (secondary N) is 1. The fourth-order valence-electron chi connectivity index (χ4n) is 1.88. The predicted octanol–water partition coefficient (Wildman–Crippen LogP) is 2.97. The number of aromatic carboxylic acids is 1. The van der Waals surface area contributed by atoms with Crippen LogP contribution in [0.25, 0.3) is 11.0 Å². The van der Waals surface area contributed by atoms with Crippen LogP contribution >= 0.6 is 11.8 Å². The Kier molecular flexibility index (Phi) is 4.87. The van der Waals surface area contributed by atoms with E-state index >= 15 is 0 Å². The molecule has 1 aromatic heterocycles. The van der Waals surface area contributed by atoms with E-state index in [9.17, 15) is 4.79 Å². The van der Waals surface area contributed by atoms with Crippen LogP contribution in [0.1, 0.15) is 22.5 Å². The molecule has 0 saturated heterocycles. The van der Waals surface area contributed by atoms with Gasteiger partial charge in [0.15, 0.2) is 0 Å². The molecule has 0 fully saturated rings. The largest absolute Gasteiger partial charge is 0.475 e. The van der Waals surface area contributed by atoms with E-state index < -0.39 is 5.97 Å². The lowest BCUT2D eigenvalue weighted by molar-refractivity contribution is 0.0665. The Labute approximate surface area is 116 Å². The van der Waals surface area contributed by atoms with E-state index in [4.69, 9.17) is 9.52 Å². The summed E-state index contributed by atoms with van der Waals surface area (Å²) in [5.41, 5.74) is 1.75. The summed E-state index contributed by atoms with van der Waals surface area (Å²) in [5, 5.41) is 13.1. The second kappa shape index (κ2) is 6.63. The van der Waals surface area contributed by atoms with E-state index in [0.717, 1.165) is 36.2 Å². The molecule has 0 amide bonds. The Bertz CT molecular complexity index is 565. The van der Waals surface area contributed by atoms with E-state index in [0.29, 0.717) is 5.58 Å². The summed E-state index contributed by atoms with van der Waals surface area (Å²) >= 11 is 1.85. The first-order chi connectivity index (χ1) is 9.20. The van der Waals surface area contributed by atoms with Crippen LogP contribution in [-0.2, 0) is 6.54 Å². The number of carboxylic acids is 1. The third kappa shape index (κ3) is 3.75. The molecule has 0 aliphatic rings. The van der Waals surface area contributed by atoms with Crippen LogP contribution in [-0.4, -0.2) is 29.6 Å². The van der Waals surface area contributed by atoms with Gasteiger partial charge < -0.3 is 14.8 Å². The molecular weight excluding hydrogens is 262 g/mol. The van der Waals surface area contributed by atoms with E-state index in [-0.39, 0.29) is 5.76 Å². The van der Waals surface area contributed by atoms with Crippen molar-refractivity contribution in [1.29, 1.82) is 0 Å². The average molecular weight is 279 g/mol. The lowest BCUT2D eigenvalue weighted by Gasteiger charge is -2.04. The fraction of sp³-hybridized carbons (Fsp3) is 0.357. The van der Waals surface area contributed by atoms with E-state index in [1.165, 1.54) is 0 Å². The number of carboxylic acid groups (broad SMARTS) is 1. The zero-order chi connectivity index (χ0) is 13.7. The van der Waals surface area contributed by atoms with Crippen LogP contribution < -0.4 is 5.32 Å². The normalized spacial score (nSPS) is 11.0. The molecule has 5 heteroatoms. The fourth-order valence-corrected chi connectivity index (χ4v) is 2.32. The van der Waals surface area contributed by atoms with Crippen molar-refractivity contribution >= 4 is 28.7 Å². The van der Waals surface area contributed by atoms with Gasteiger partial charge in [0.1, 0.15) is 5.58 Å². The molecule has 1 heterocycles. The van der Waals surface area contributed by atoms with E-state index in [1.807, 2.05) is 30.0 Å². The van der Waals surface area contributed by atoms with Gasteiger partial charge in [-0.05, 0) is 48.7 Å². The molecular formula is C14H17NO3S. The summed E-state index contributed by atoms with van der Waals surface area (Å²) in [6, 6.07) is 7.31. The van der Waals surface area contributed by atoms with Crippen LogP contribution in [0.2, 0.25) is 0 Å². The third-order valence-electron chi connectivity index (χ3n) is 2.82. The average Bonchev–Trinajstić information content (AvgIpc) is 2.82. The minimum atomic E-state index is -1.03. The Morgan fingerprint density at radius 1 is 1.42 bits per heavy atom. The highest BCUT2D eigenvalue weighted by atomic mass is 32.2. The van der Waals surface area contributed by atoms with Gasteiger partial charge >= 0.3 is 5.97 Å². The van der Waals surface area contributed by atoms with Gasteiger partial charge in [0.05, 0.1) is 0 Å². The number of hydrogen-bond acceptors (Lipinski definition) is 4. The van der Waals surface area contributed by atoms with Crippen LogP contribution in [0.3, 0.4) is 0 Å². The third-order valence-corrected chi connectivity index (χ3v) is 3.52. The molecule has 0 radical (unpaired) electrons. The van der Waals surface area contributed by atoms with Crippen LogP contribution in [0.5, 0.6) is 0 Å². The number of carbonyl (C=O) groups is 1. The van der Waals surface area contributed by atoms with Gasteiger partial charge in [-0.15, -0.1) is 0 Å². The van der Waals surface area contributed by atoms with Crippen molar-refractivity contribution in [3.63, 3.8) is 0 Å². The first-order valence-electron chi connectivity index (χ1n) is 6.16. The first-order valence-corrected chi connectivity index (χ1v) is 7.55. The minimum absolute atomic E-state index is 0.0138. The molecule has 1 aromatic carbocycles. The Balaban J connectivity index is 1.98. The number of furan rings is 1. The van der Waals surface area contributed by atoms with Gasteiger partial charge in [-0.25, -0.2) is 4.79 Å². The molecule has 102 valence electrons. The highest BCUT2D eigenvalue weighted by Gasteiger charge is 2.10. The minimum Gasteiger partial charge on any atom is -0.475 e. The van der Waals surface area contributed by atoms with Crippen molar-refractivity contribution in [2.75, 3.05) is 18.6 Å². The van der Waals surface area contributed by atoms with Crippen molar-refractivity contribution in [3.8, 4) is 0 Å². The molecule has 4 nitrogen and oxygen atoms in total. The molecule has 2 N–H and O–H groups in total. The molecule has 2 aromatic rings. The zero-order valence-corrected chi connectivity index (χ0v) is 11.6. The van der Waals surface area contributed by atoms with Gasteiger partial charge in [0.2, 0.25) is 5.76 Å². The van der Waals surface area contributed by atoms with Crippen molar-refractivity contribution in [3.05, 3.63) is 35.6 Å². The number of rotatable bonds is 7. The molecule has 0 bridgehead atoms. The molecule has 0 saturated carbocycles. The number of benzene rings is 1. The second-order valence-corrected chi connectivity index (χ2v) is 5.30. The lowest BCUT2D eigenvalue weighted by Crippen LogP contribution is -2.15. The summed E-state index contributed by atoms with van der Waals surface area (Å²) in [4.78, 5) is 10.8. The van der Waals surface area contributed by atoms with E-state index in [1.54, 1.807) is 6.07 Å². The monoisotopic (exact) mass is 279 g/mol. The number of thioether (sulfide) groups is 1. The van der Waals surface area contributed by atoms with Gasteiger partial charge in [-0.2, -0.15) is 11.8 Å². The maximum atomic E-state index is 10.8. The summed E-state index contributed by atoms with van der Waals surface area (Å²) in [6.45, 7) is 1.78. The lowest BCUT2D eigenvalue weighted by atomic mass is 10.1. The smallest absolute Gasteiger partial charge is 0.371 e. The maximum absolute atomic E-state index is 10.8. The van der Waals surface area contributed by atoms with Crippen molar-refractivity contribution in [1.82, 2.24) is 5.32 Å². The van der Waals surface area contributed by atoms with Gasteiger partial charge in [0, 0.05) is 11.9 Å². The molecule has 0 aliphatic carbocycles. The molecule has 0 atom stereocenters. The zero-order valence-electron chi connectivity index (χ0n) is 10.8. The molecule has 0 spiro atoms. The van der Waals surface area contributed by atoms with Crippen LogP contribution in [0.15, 0.2) is 28.7 Å². The summed E-state index contributed by atoms with van der Waals surface area (Å²) < 4.78 is 5.22. The summed E-state index contributed by atoms with van der Waals surface area (Å²) in [6.07, 6.45) is 3.26. The van der Waals surface area contributed by atoms with Crippen LogP contribution in [0, 0.1) is 0 Å². The SMILES string of the molecule is CSCCCNCc1ccc2oc(C(=O)O)cc2c1. The van der Waals surface area contributed by atoms with Crippen molar-refractivity contribution in [2.24, 2.45) is 0 Å². The maximum Gasteiger partial charge on any atom is 0.371 e. The Morgan fingerprint density at radius 2 is 2.26 bits per heavy atom.